The summed E-state index contributed by atoms with van der Waals surface area (Å²) in [6, 6.07) is 12.3. The van der Waals surface area contributed by atoms with Crippen LogP contribution in [0.25, 0.3) is 22.4 Å². The van der Waals surface area contributed by atoms with E-state index in [-0.39, 0.29) is 23.9 Å². The third-order valence-corrected chi connectivity index (χ3v) is 3.83. The molecular weight excluding hydrogens is 354 g/mol. The molecule has 0 unspecified atom stereocenters. The molecule has 6 nitrogen and oxygen atoms in total. The fourth-order valence-electron chi connectivity index (χ4n) is 2.57. The van der Waals surface area contributed by atoms with E-state index in [1.165, 1.54) is 6.07 Å². The molecule has 0 radical (unpaired) electrons. The van der Waals surface area contributed by atoms with Crippen molar-refractivity contribution in [3.8, 4) is 11.5 Å². The van der Waals surface area contributed by atoms with Crippen LogP contribution in [0.2, 0.25) is 0 Å². The van der Waals surface area contributed by atoms with Crippen LogP contribution in [-0.2, 0) is 11.2 Å². The summed E-state index contributed by atoms with van der Waals surface area (Å²) >= 11 is 0. The molecule has 2 aromatic heterocycles. The van der Waals surface area contributed by atoms with Gasteiger partial charge in [-0.15, -0.1) is 10.2 Å². The van der Waals surface area contributed by atoms with Crippen molar-refractivity contribution in [3.05, 3.63) is 72.3 Å². The molecule has 0 spiro atoms. The summed E-state index contributed by atoms with van der Waals surface area (Å²) in [7, 11) is 0. The third-order valence-electron chi connectivity index (χ3n) is 3.83. The van der Waals surface area contributed by atoms with E-state index in [2.05, 4.69) is 20.5 Å². The molecule has 27 heavy (non-hydrogen) atoms. The normalized spacial score (nSPS) is 10.9. The Hall–Kier alpha value is -3.68. The summed E-state index contributed by atoms with van der Waals surface area (Å²) in [5.41, 5.74) is 1.68. The average molecular weight is 366 g/mol. The molecule has 4 aromatic rings. The molecule has 0 aliphatic rings. The zero-order valence-electron chi connectivity index (χ0n) is 13.8. The lowest BCUT2D eigenvalue weighted by atomic mass is 10.1. The molecular formula is C19H12F2N4O2. The number of halogens is 2. The largest absolute Gasteiger partial charge is 0.420 e. The zero-order chi connectivity index (χ0) is 18.8. The third kappa shape index (κ3) is 3.64. The summed E-state index contributed by atoms with van der Waals surface area (Å²) in [6.07, 6.45) is 1.51. The van der Waals surface area contributed by atoms with Crippen molar-refractivity contribution >= 4 is 22.5 Å². The van der Waals surface area contributed by atoms with Crippen molar-refractivity contribution in [1.82, 2.24) is 15.2 Å². The van der Waals surface area contributed by atoms with Gasteiger partial charge in [-0.25, -0.2) is 8.78 Å². The Labute approximate surface area is 151 Å². The number of rotatable bonds is 4. The SMILES string of the molecule is O=C(Cc1nnc(-c2ccc3ncccc3c2)o1)Nc1ccc(F)c(F)c1. The highest BCUT2D eigenvalue weighted by atomic mass is 19.2. The van der Waals surface area contributed by atoms with Gasteiger partial charge >= 0.3 is 0 Å². The Balaban J connectivity index is 1.48. The van der Waals surface area contributed by atoms with Gasteiger partial charge in [0, 0.05) is 28.9 Å². The number of amides is 1. The van der Waals surface area contributed by atoms with E-state index in [0.29, 0.717) is 5.56 Å². The lowest BCUT2D eigenvalue weighted by Gasteiger charge is -2.03. The van der Waals surface area contributed by atoms with Gasteiger partial charge in [-0.2, -0.15) is 0 Å². The van der Waals surface area contributed by atoms with Gasteiger partial charge in [0.25, 0.3) is 0 Å². The first-order valence-corrected chi connectivity index (χ1v) is 8.01. The first-order valence-electron chi connectivity index (χ1n) is 8.01. The fourth-order valence-corrected chi connectivity index (χ4v) is 2.57. The van der Waals surface area contributed by atoms with Crippen molar-refractivity contribution < 1.29 is 18.0 Å². The highest BCUT2D eigenvalue weighted by Crippen LogP contribution is 2.22. The number of nitrogens with zero attached hydrogens (tertiary/aromatic N) is 3. The maximum Gasteiger partial charge on any atom is 0.247 e. The monoisotopic (exact) mass is 366 g/mol. The molecule has 2 heterocycles. The van der Waals surface area contributed by atoms with Crippen LogP contribution in [-0.4, -0.2) is 21.1 Å². The second kappa shape index (κ2) is 6.91. The number of carbonyl (C=O) groups excluding carboxylic acids is 1. The molecule has 1 N–H and O–H groups in total. The summed E-state index contributed by atoms with van der Waals surface area (Å²) in [5.74, 6) is -2.13. The number of hydrogen-bond acceptors (Lipinski definition) is 5. The van der Waals surface area contributed by atoms with E-state index in [0.717, 1.165) is 23.0 Å². The maximum atomic E-state index is 13.2. The van der Waals surface area contributed by atoms with Crippen molar-refractivity contribution in [2.75, 3.05) is 5.32 Å². The smallest absolute Gasteiger partial charge is 0.247 e. The number of aromatic nitrogens is 3. The van der Waals surface area contributed by atoms with E-state index in [9.17, 15) is 13.6 Å². The highest BCUT2D eigenvalue weighted by Gasteiger charge is 2.14. The molecule has 0 saturated heterocycles. The summed E-state index contributed by atoms with van der Waals surface area (Å²) in [4.78, 5) is 16.3. The number of hydrogen-bond donors (Lipinski definition) is 1. The molecule has 0 atom stereocenters. The molecule has 2 aromatic carbocycles. The van der Waals surface area contributed by atoms with Gasteiger partial charge in [-0.05, 0) is 36.4 Å². The van der Waals surface area contributed by atoms with Crippen LogP contribution in [0, 0.1) is 11.6 Å². The lowest BCUT2D eigenvalue weighted by molar-refractivity contribution is -0.115. The quantitative estimate of drug-likeness (QED) is 0.595. The molecule has 0 aliphatic carbocycles. The number of nitrogens with one attached hydrogen (secondary N) is 1. The van der Waals surface area contributed by atoms with Crippen molar-refractivity contribution in [1.29, 1.82) is 0 Å². The van der Waals surface area contributed by atoms with E-state index in [1.807, 2.05) is 24.3 Å². The summed E-state index contributed by atoms with van der Waals surface area (Å²) in [6.45, 7) is 0. The van der Waals surface area contributed by atoms with Gasteiger partial charge in [0.1, 0.15) is 6.42 Å². The number of pyridine rings is 1. The molecule has 0 aliphatic heterocycles. The first kappa shape index (κ1) is 16.8. The number of anilines is 1. The Kier molecular flexibility index (Phi) is 4.29. The van der Waals surface area contributed by atoms with Crippen LogP contribution < -0.4 is 5.32 Å². The van der Waals surface area contributed by atoms with Gasteiger partial charge in [-0.3, -0.25) is 9.78 Å². The lowest BCUT2D eigenvalue weighted by Crippen LogP contribution is -2.14. The minimum atomic E-state index is -1.04. The van der Waals surface area contributed by atoms with Gasteiger partial charge in [-0.1, -0.05) is 6.07 Å². The summed E-state index contributed by atoms with van der Waals surface area (Å²) < 4.78 is 31.6. The second-order valence-corrected chi connectivity index (χ2v) is 5.77. The zero-order valence-corrected chi connectivity index (χ0v) is 13.8. The van der Waals surface area contributed by atoms with Crippen LogP contribution in [0.3, 0.4) is 0 Å². The molecule has 134 valence electrons. The number of carbonyl (C=O) groups is 1. The Morgan fingerprint density at radius 1 is 1.04 bits per heavy atom. The van der Waals surface area contributed by atoms with Gasteiger partial charge in [0.05, 0.1) is 5.52 Å². The van der Waals surface area contributed by atoms with Crippen LogP contribution in [0.15, 0.2) is 59.1 Å². The van der Waals surface area contributed by atoms with E-state index >= 15 is 0 Å². The first-order chi connectivity index (χ1) is 13.1. The predicted molar refractivity (Wildman–Crippen MR) is 93.7 cm³/mol. The highest BCUT2D eigenvalue weighted by molar-refractivity contribution is 5.91. The topological polar surface area (TPSA) is 80.9 Å². The fraction of sp³-hybridized carbons (Fsp3) is 0.0526. The molecule has 0 saturated carbocycles. The van der Waals surface area contributed by atoms with E-state index in [4.69, 9.17) is 4.42 Å². The van der Waals surface area contributed by atoms with Crippen molar-refractivity contribution in [2.45, 2.75) is 6.42 Å². The Morgan fingerprint density at radius 3 is 2.78 bits per heavy atom. The average Bonchev–Trinajstić information content (AvgIpc) is 3.12. The molecule has 0 bridgehead atoms. The minimum Gasteiger partial charge on any atom is -0.420 e. The standard InChI is InChI=1S/C19H12F2N4O2/c20-14-5-4-13(9-15(14)21)23-17(26)10-18-24-25-19(27-18)12-3-6-16-11(8-12)2-1-7-22-16/h1-9H,10H2,(H,23,26). The predicted octanol–water partition coefficient (Wildman–Crippen LogP) is 3.74. The van der Waals surface area contributed by atoms with E-state index < -0.39 is 17.5 Å². The molecule has 8 heteroatoms. The minimum absolute atomic E-state index is 0.108. The second-order valence-electron chi connectivity index (χ2n) is 5.77. The molecule has 1 amide bonds. The van der Waals surface area contributed by atoms with Gasteiger partial charge in [0.2, 0.25) is 17.7 Å². The van der Waals surface area contributed by atoms with Crippen molar-refractivity contribution in [3.63, 3.8) is 0 Å². The maximum absolute atomic E-state index is 13.2. The van der Waals surface area contributed by atoms with Gasteiger partial charge in [0.15, 0.2) is 11.6 Å². The van der Waals surface area contributed by atoms with Crippen LogP contribution in [0.5, 0.6) is 0 Å². The molecule has 0 fully saturated rings. The number of fused-ring (bicyclic) bond motifs is 1. The van der Waals surface area contributed by atoms with Gasteiger partial charge < -0.3 is 9.73 Å². The number of benzene rings is 2. The Bertz CT molecular complexity index is 1140. The molecule has 4 rings (SSSR count). The van der Waals surface area contributed by atoms with Crippen LogP contribution in [0.4, 0.5) is 14.5 Å². The van der Waals surface area contributed by atoms with E-state index in [1.54, 1.807) is 12.3 Å². The van der Waals surface area contributed by atoms with Crippen LogP contribution >= 0.6 is 0 Å². The Morgan fingerprint density at radius 2 is 1.93 bits per heavy atom. The van der Waals surface area contributed by atoms with Crippen molar-refractivity contribution in [2.24, 2.45) is 0 Å². The van der Waals surface area contributed by atoms with Crippen LogP contribution in [0.1, 0.15) is 5.89 Å². The summed E-state index contributed by atoms with van der Waals surface area (Å²) in [5, 5.41) is 11.2.